The summed E-state index contributed by atoms with van der Waals surface area (Å²) in [6.07, 6.45) is 5.06. The van der Waals surface area contributed by atoms with Crippen molar-refractivity contribution in [1.29, 1.82) is 0 Å². The number of amides is 3. The Balaban J connectivity index is 3.63. The van der Waals surface area contributed by atoms with E-state index in [9.17, 15) is 14.4 Å². The Labute approximate surface area is 234 Å². The molecule has 0 saturated heterocycles. The van der Waals surface area contributed by atoms with Crippen molar-refractivity contribution in [3.05, 3.63) is 42.0 Å². The van der Waals surface area contributed by atoms with Crippen molar-refractivity contribution in [3.8, 4) is 0 Å². The van der Waals surface area contributed by atoms with E-state index >= 15 is 0 Å². The monoisotopic (exact) mass is 547 g/mol. The molecule has 0 fully saturated rings. The van der Waals surface area contributed by atoms with Crippen molar-refractivity contribution in [2.24, 2.45) is 5.92 Å². The molecule has 0 bridgehead atoms. The fourth-order valence-corrected chi connectivity index (χ4v) is 4.56. The van der Waals surface area contributed by atoms with Gasteiger partial charge in [-0.3, -0.25) is 9.59 Å². The lowest BCUT2D eigenvalue weighted by molar-refractivity contribution is -0.145. The highest BCUT2D eigenvalue weighted by Gasteiger charge is 2.39. The van der Waals surface area contributed by atoms with Gasteiger partial charge in [-0.2, -0.15) is 11.8 Å². The van der Waals surface area contributed by atoms with Crippen molar-refractivity contribution in [3.63, 3.8) is 0 Å². The molecule has 1 aromatic rings. The normalized spacial score (nSPS) is 14.0. The zero-order valence-corrected chi connectivity index (χ0v) is 25.6. The number of ether oxygens (including phenoxy) is 1. The highest BCUT2D eigenvalue weighted by atomic mass is 32.2. The van der Waals surface area contributed by atoms with Gasteiger partial charge in [-0.25, -0.2) is 4.79 Å². The highest BCUT2D eigenvalue weighted by Crippen LogP contribution is 2.29. The molecule has 0 aromatic heterocycles. The van der Waals surface area contributed by atoms with Gasteiger partial charge in [0.1, 0.15) is 17.7 Å². The highest BCUT2D eigenvalue weighted by molar-refractivity contribution is 7.98. The molecule has 0 aliphatic rings. The van der Waals surface area contributed by atoms with Crippen molar-refractivity contribution < 1.29 is 19.1 Å². The molecule has 38 heavy (non-hydrogen) atoms. The fraction of sp³-hybridized carbons (Fsp3) is 0.633. The standard InChI is InChI=1S/C30H49N3O4S/c1-11-23-13-12-14-24(19-23)26(27(34)31-21(4)5)33(22(6)16-15-20(2)3)28(35)25(17-18-38-10)32-29(36)37-30(7,8)9/h11-14,19-22,25-26H,1,15-18H2,2-10H3,(H,31,34)(H,32,36). The quantitative estimate of drug-likeness (QED) is 0.290. The van der Waals surface area contributed by atoms with Crippen molar-refractivity contribution in [1.82, 2.24) is 15.5 Å². The number of carbonyl (C=O) groups is 3. The molecule has 7 nitrogen and oxygen atoms in total. The molecular formula is C30H49N3O4S. The second-order valence-corrected chi connectivity index (χ2v) is 12.5. The largest absolute Gasteiger partial charge is 0.444 e. The fourth-order valence-electron chi connectivity index (χ4n) is 4.09. The summed E-state index contributed by atoms with van der Waals surface area (Å²) in [5, 5.41) is 5.82. The molecule has 3 amide bonds. The van der Waals surface area contributed by atoms with Gasteiger partial charge in [0.2, 0.25) is 11.8 Å². The van der Waals surface area contributed by atoms with Gasteiger partial charge in [0.25, 0.3) is 0 Å². The summed E-state index contributed by atoms with van der Waals surface area (Å²) in [7, 11) is 0. The maximum atomic E-state index is 14.3. The van der Waals surface area contributed by atoms with Crippen LogP contribution in [0.25, 0.3) is 6.08 Å². The minimum atomic E-state index is -0.871. The van der Waals surface area contributed by atoms with Crippen molar-refractivity contribution in [2.75, 3.05) is 12.0 Å². The first kappa shape index (κ1) is 33.5. The molecule has 3 unspecified atom stereocenters. The van der Waals surface area contributed by atoms with Gasteiger partial charge in [0, 0.05) is 12.1 Å². The van der Waals surface area contributed by atoms with Crippen LogP contribution in [0.5, 0.6) is 0 Å². The predicted molar refractivity (Wildman–Crippen MR) is 159 cm³/mol. The first-order valence-corrected chi connectivity index (χ1v) is 14.9. The van der Waals surface area contributed by atoms with Gasteiger partial charge >= 0.3 is 6.09 Å². The summed E-state index contributed by atoms with van der Waals surface area (Å²) in [5.74, 6) is 0.546. The van der Waals surface area contributed by atoms with Crippen LogP contribution < -0.4 is 10.6 Å². The topological polar surface area (TPSA) is 87.7 Å². The van der Waals surface area contributed by atoms with E-state index in [-0.39, 0.29) is 23.9 Å². The third-order valence-electron chi connectivity index (χ3n) is 5.91. The van der Waals surface area contributed by atoms with Gasteiger partial charge in [-0.05, 0) is 95.9 Å². The number of hydrogen-bond donors (Lipinski definition) is 2. The lowest BCUT2D eigenvalue weighted by Crippen LogP contribution is -2.56. The van der Waals surface area contributed by atoms with Crippen LogP contribution in [0.15, 0.2) is 30.8 Å². The van der Waals surface area contributed by atoms with Crippen LogP contribution in [-0.4, -0.2) is 58.5 Å². The zero-order chi connectivity index (χ0) is 29.0. The Morgan fingerprint density at radius 3 is 2.24 bits per heavy atom. The Hall–Kier alpha value is -2.48. The number of thioether (sulfide) groups is 1. The zero-order valence-electron chi connectivity index (χ0n) is 24.8. The Bertz CT molecular complexity index is 926. The Morgan fingerprint density at radius 2 is 1.71 bits per heavy atom. The van der Waals surface area contributed by atoms with Crippen LogP contribution in [0.4, 0.5) is 4.79 Å². The summed E-state index contributed by atoms with van der Waals surface area (Å²) in [6.45, 7) is 19.3. The number of rotatable bonds is 14. The van der Waals surface area contributed by atoms with Crippen LogP contribution in [0, 0.1) is 5.92 Å². The van der Waals surface area contributed by atoms with Crippen LogP contribution in [0.3, 0.4) is 0 Å². The van der Waals surface area contributed by atoms with Gasteiger partial charge < -0.3 is 20.3 Å². The van der Waals surface area contributed by atoms with Crippen molar-refractivity contribution >= 4 is 35.7 Å². The molecule has 0 saturated carbocycles. The molecule has 1 aromatic carbocycles. The van der Waals surface area contributed by atoms with Crippen LogP contribution in [0.2, 0.25) is 0 Å². The summed E-state index contributed by atoms with van der Waals surface area (Å²) in [5.41, 5.74) is 0.857. The molecule has 1 rings (SSSR count). The SMILES string of the molecule is C=Cc1cccc(C(C(=O)NC(C)C)N(C(=O)C(CCSC)NC(=O)OC(C)(C)C)C(C)CCC(C)C)c1. The molecule has 0 aliphatic carbocycles. The lowest BCUT2D eigenvalue weighted by Gasteiger charge is -2.39. The van der Waals surface area contributed by atoms with Gasteiger partial charge in [0.05, 0.1) is 0 Å². The number of carbonyl (C=O) groups excluding carboxylic acids is 3. The van der Waals surface area contributed by atoms with Gasteiger partial charge in [-0.15, -0.1) is 0 Å². The van der Waals surface area contributed by atoms with Gasteiger partial charge in [-0.1, -0.05) is 44.7 Å². The molecule has 0 spiro atoms. The number of alkyl carbamates (subject to hydrolysis) is 1. The van der Waals surface area contributed by atoms with E-state index in [2.05, 4.69) is 31.1 Å². The van der Waals surface area contributed by atoms with E-state index in [0.717, 1.165) is 18.4 Å². The summed E-state index contributed by atoms with van der Waals surface area (Å²) >= 11 is 1.59. The summed E-state index contributed by atoms with van der Waals surface area (Å²) in [4.78, 5) is 42.5. The second-order valence-electron chi connectivity index (χ2n) is 11.5. The second kappa shape index (κ2) is 15.8. The van der Waals surface area contributed by atoms with E-state index in [4.69, 9.17) is 4.74 Å². The Morgan fingerprint density at radius 1 is 1.05 bits per heavy atom. The summed E-state index contributed by atoms with van der Waals surface area (Å²) < 4.78 is 5.48. The average Bonchev–Trinajstić information content (AvgIpc) is 2.81. The smallest absolute Gasteiger partial charge is 0.408 e. The van der Waals surface area contributed by atoms with Crippen LogP contribution in [0.1, 0.15) is 91.8 Å². The van der Waals surface area contributed by atoms with Crippen LogP contribution >= 0.6 is 11.8 Å². The molecule has 2 N–H and O–H groups in total. The van der Waals surface area contributed by atoms with Crippen molar-refractivity contribution in [2.45, 2.75) is 104 Å². The molecule has 8 heteroatoms. The number of nitrogens with zero attached hydrogens (tertiary/aromatic N) is 1. The van der Waals surface area contributed by atoms with Crippen LogP contribution in [-0.2, 0) is 14.3 Å². The first-order chi connectivity index (χ1) is 17.7. The average molecular weight is 548 g/mol. The van der Waals surface area contributed by atoms with E-state index < -0.39 is 23.8 Å². The third-order valence-corrected chi connectivity index (χ3v) is 6.55. The number of nitrogens with one attached hydrogen (secondary N) is 2. The van der Waals surface area contributed by atoms with E-state index in [0.29, 0.717) is 23.7 Å². The molecule has 3 atom stereocenters. The first-order valence-electron chi connectivity index (χ1n) is 13.5. The van der Waals surface area contributed by atoms with E-state index in [1.165, 1.54) is 0 Å². The molecule has 0 radical (unpaired) electrons. The molecular weight excluding hydrogens is 498 g/mol. The third kappa shape index (κ3) is 11.5. The Kier molecular flexibility index (Phi) is 14.0. The maximum absolute atomic E-state index is 14.3. The molecule has 0 heterocycles. The minimum Gasteiger partial charge on any atom is -0.444 e. The molecule has 214 valence electrons. The molecule has 0 aliphatic heterocycles. The summed E-state index contributed by atoms with van der Waals surface area (Å²) in [6, 6.07) is 5.47. The minimum absolute atomic E-state index is 0.109. The van der Waals surface area contributed by atoms with E-state index in [1.54, 1.807) is 43.5 Å². The van der Waals surface area contributed by atoms with E-state index in [1.807, 2.05) is 51.3 Å². The lowest BCUT2D eigenvalue weighted by atomic mass is 9.95. The predicted octanol–water partition coefficient (Wildman–Crippen LogP) is 6.20. The maximum Gasteiger partial charge on any atom is 0.408 e. The number of hydrogen-bond acceptors (Lipinski definition) is 5. The number of benzene rings is 1. The van der Waals surface area contributed by atoms with Gasteiger partial charge in [0.15, 0.2) is 0 Å².